The van der Waals surface area contributed by atoms with Crippen molar-refractivity contribution >= 4 is 5.91 Å². The predicted octanol–water partition coefficient (Wildman–Crippen LogP) is 1.87. The van der Waals surface area contributed by atoms with E-state index in [0.717, 1.165) is 24.4 Å². The number of carbonyl (C=O) groups is 1. The summed E-state index contributed by atoms with van der Waals surface area (Å²) in [5.41, 5.74) is 1.08. The van der Waals surface area contributed by atoms with Gasteiger partial charge in [0.25, 0.3) is 0 Å². The summed E-state index contributed by atoms with van der Waals surface area (Å²) in [7, 11) is 1.64. The van der Waals surface area contributed by atoms with Gasteiger partial charge in [0.05, 0.1) is 13.2 Å². The minimum atomic E-state index is 0.0185. The van der Waals surface area contributed by atoms with Crippen LogP contribution in [0, 0.1) is 0 Å². The van der Waals surface area contributed by atoms with Gasteiger partial charge >= 0.3 is 0 Å². The van der Waals surface area contributed by atoms with Gasteiger partial charge in [0.15, 0.2) is 0 Å². The molecule has 0 spiro atoms. The lowest BCUT2D eigenvalue weighted by Gasteiger charge is -2.14. The van der Waals surface area contributed by atoms with Crippen molar-refractivity contribution in [2.24, 2.45) is 0 Å². The second-order valence-electron chi connectivity index (χ2n) is 4.17. The van der Waals surface area contributed by atoms with Crippen molar-refractivity contribution in [2.45, 2.75) is 26.3 Å². The monoisotopic (exact) mass is 250 g/mol. The molecule has 4 nitrogen and oxygen atoms in total. The Bertz CT molecular complexity index is 363. The molecule has 0 bridgehead atoms. The van der Waals surface area contributed by atoms with E-state index in [9.17, 15) is 4.79 Å². The fourth-order valence-corrected chi connectivity index (χ4v) is 1.67. The van der Waals surface area contributed by atoms with Crippen LogP contribution in [0.15, 0.2) is 24.3 Å². The summed E-state index contributed by atoms with van der Waals surface area (Å²) in [6.07, 6.45) is 0.508. The van der Waals surface area contributed by atoms with Crippen molar-refractivity contribution in [3.05, 3.63) is 29.8 Å². The Morgan fingerprint density at radius 2 is 2.00 bits per heavy atom. The number of rotatable bonds is 7. The van der Waals surface area contributed by atoms with E-state index in [2.05, 4.69) is 10.6 Å². The maximum Gasteiger partial charge on any atom is 0.221 e. The van der Waals surface area contributed by atoms with Gasteiger partial charge in [0.2, 0.25) is 5.91 Å². The van der Waals surface area contributed by atoms with E-state index in [1.807, 2.05) is 38.1 Å². The zero-order chi connectivity index (χ0) is 13.4. The highest BCUT2D eigenvalue weighted by Gasteiger charge is 2.08. The van der Waals surface area contributed by atoms with E-state index in [4.69, 9.17) is 4.74 Å². The second kappa shape index (κ2) is 7.71. The summed E-state index contributed by atoms with van der Waals surface area (Å²) in [6.45, 7) is 5.61. The van der Waals surface area contributed by atoms with E-state index in [1.165, 1.54) is 0 Å². The normalized spacial score (nSPS) is 11.9. The van der Waals surface area contributed by atoms with Gasteiger partial charge in [-0.15, -0.1) is 0 Å². The third-order valence-corrected chi connectivity index (χ3v) is 2.77. The first kappa shape index (κ1) is 14.5. The molecule has 0 aliphatic heterocycles. The maximum absolute atomic E-state index is 11.6. The van der Waals surface area contributed by atoms with Crippen molar-refractivity contribution < 1.29 is 9.53 Å². The van der Waals surface area contributed by atoms with Crippen molar-refractivity contribution in [1.82, 2.24) is 10.6 Å². The zero-order valence-corrected chi connectivity index (χ0v) is 11.3. The summed E-state index contributed by atoms with van der Waals surface area (Å²) in [5.74, 6) is 0.892. The van der Waals surface area contributed by atoms with E-state index in [-0.39, 0.29) is 11.9 Å². The number of ether oxygens (including phenoxy) is 1. The highest BCUT2D eigenvalue weighted by Crippen LogP contribution is 2.17. The van der Waals surface area contributed by atoms with Gasteiger partial charge in [-0.1, -0.05) is 19.1 Å². The van der Waals surface area contributed by atoms with Crippen LogP contribution in [0.2, 0.25) is 0 Å². The minimum Gasteiger partial charge on any atom is -0.497 e. The van der Waals surface area contributed by atoms with Crippen LogP contribution in [0.25, 0.3) is 0 Å². The van der Waals surface area contributed by atoms with Crippen LogP contribution in [-0.4, -0.2) is 26.1 Å². The van der Waals surface area contributed by atoms with Gasteiger partial charge in [0, 0.05) is 13.0 Å². The molecule has 0 radical (unpaired) electrons. The van der Waals surface area contributed by atoms with Crippen LogP contribution < -0.4 is 15.4 Å². The molecule has 1 atom stereocenters. The van der Waals surface area contributed by atoms with Crippen molar-refractivity contribution in [3.8, 4) is 5.75 Å². The predicted molar refractivity (Wildman–Crippen MR) is 72.7 cm³/mol. The molecule has 0 aliphatic carbocycles. The topological polar surface area (TPSA) is 50.4 Å². The summed E-state index contributed by atoms with van der Waals surface area (Å²) >= 11 is 0. The first-order chi connectivity index (χ1) is 8.67. The number of hydrogen-bond acceptors (Lipinski definition) is 3. The molecule has 1 amide bonds. The standard InChI is InChI=1S/C14H22N2O2/c1-4-15-10-9-14(17)16-11(2)12-5-7-13(18-3)8-6-12/h5-8,11,15H,4,9-10H2,1-3H3,(H,16,17). The largest absolute Gasteiger partial charge is 0.497 e. The lowest BCUT2D eigenvalue weighted by Crippen LogP contribution is -2.29. The summed E-state index contributed by atoms with van der Waals surface area (Å²) in [4.78, 5) is 11.6. The maximum atomic E-state index is 11.6. The lowest BCUT2D eigenvalue weighted by molar-refractivity contribution is -0.121. The smallest absolute Gasteiger partial charge is 0.221 e. The van der Waals surface area contributed by atoms with Crippen molar-refractivity contribution in [3.63, 3.8) is 0 Å². The van der Waals surface area contributed by atoms with E-state index in [1.54, 1.807) is 7.11 Å². The number of amides is 1. The SMILES string of the molecule is CCNCCC(=O)NC(C)c1ccc(OC)cc1. The molecule has 0 aliphatic rings. The third kappa shape index (κ3) is 4.75. The number of carbonyl (C=O) groups excluding carboxylic acids is 1. The zero-order valence-electron chi connectivity index (χ0n) is 11.3. The molecule has 0 aromatic heterocycles. The van der Waals surface area contributed by atoms with Gasteiger partial charge in [-0.05, 0) is 31.2 Å². The molecule has 0 saturated carbocycles. The Kier molecular flexibility index (Phi) is 6.22. The van der Waals surface area contributed by atoms with Crippen molar-refractivity contribution in [2.75, 3.05) is 20.2 Å². The van der Waals surface area contributed by atoms with Gasteiger partial charge < -0.3 is 15.4 Å². The van der Waals surface area contributed by atoms with Crippen molar-refractivity contribution in [1.29, 1.82) is 0 Å². The van der Waals surface area contributed by atoms with Gasteiger partial charge in [-0.3, -0.25) is 4.79 Å². The third-order valence-electron chi connectivity index (χ3n) is 2.77. The number of hydrogen-bond donors (Lipinski definition) is 2. The Morgan fingerprint density at radius 1 is 1.33 bits per heavy atom. The molecule has 1 unspecified atom stereocenters. The van der Waals surface area contributed by atoms with Crippen LogP contribution in [0.5, 0.6) is 5.75 Å². The molecule has 1 aromatic rings. The average Bonchev–Trinajstić information content (AvgIpc) is 2.39. The summed E-state index contributed by atoms with van der Waals surface area (Å²) in [6, 6.07) is 7.75. The Labute approximate surface area is 109 Å². The van der Waals surface area contributed by atoms with Gasteiger partial charge in [0.1, 0.15) is 5.75 Å². The fourth-order valence-electron chi connectivity index (χ4n) is 1.67. The highest BCUT2D eigenvalue weighted by atomic mass is 16.5. The molecule has 100 valence electrons. The average molecular weight is 250 g/mol. The highest BCUT2D eigenvalue weighted by molar-refractivity contribution is 5.76. The molecule has 1 aromatic carbocycles. The number of benzene rings is 1. The van der Waals surface area contributed by atoms with Crippen LogP contribution >= 0.6 is 0 Å². The molecule has 0 fully saturated rings. The summed E-state index contributed by atoms with van der Waals surface area (Å²) in [5, 5.41) is 6.10. The quantitative estimate of drug-likeness (QED) is 0.726. The van der Waals surface area contributed by atoms with Gasteiger partial charge in [-0.25, -0.2) is 0 Å². The molecular formula is C14H22N2O2. The molecule has 2 N–H and O–H groups in total. The first-order valence-corrected chi connectivity index (χ1v) is 6.31. The minimum absolute atomic E-state index is 0.0185. The molecule has 4 heteroatoms. The Balaban J connectivity index is 2.43. The molecular weight excluding hydrogens is 228 g/mol. The molecule has 18 heavy (non-hydrogen) atoms. The summed E-state index contributed by atoms with van der Waals surface area (Å²) < 4.78 is 5.10. The van der Waals surface area contributed by atoms with Crippen LogP contribution in [0.3, 0.4) is 0 Å². The van der Waals surface area contributed by atoms with E-state index >= 15 is 0 Å². The first-order valence-electron chi connectivity index (χ1n) is 6.31. The Morgan fingerprint density at radius 3 is 2.56 bits per heavy atom. The van der Waals surface area contributed by atoms with Crippen LogP contribution in [-0.2, 0) is 4.79 Å². The van der Waals surface area contributed by atoms with E-state index in [0.29, 0.717) is 6.42 Å². The van der Waals surface area contributed by atoms with Crippen LogP contribution in [0.4, 0.5) is 0 Å². The Hall–Kier alpha value is -1.55. The number of methoxy groups -OCH3 is 1. The second-order valence-corrected chi connectivity index (χ2v) is 4.17. The molecule has 0 heterocycles. The fraction of sp³-hybridized carbons (Fsp3) is 0.500. The molecule has 0 saturated heterocycles. The number of nitrogens with one attached hydrogen (secondary N) is 2. The van der Waals surface area contributed by atoms with Gasteiger partial charge in [-0.2, -0.15) is 0 Å². The molecule has 1 rings (SSSR count). The lowest BCUT2D eigenvalue weighted by atomic mass is 10.1. The van der Waals surface area contributed by atoms with E-state index < -0.39 is 0 Å². The van der Waals surface area contributed by atoms with Crippen LogP contribution in [0.1, 0.15) is 31.9 Å².